The molecule has 0 amide bonds. The molecule has 1 aromatic rings. The zero-order chi connectivity index (χ0) is 16.4. The monoisotopic (exact) mass is 299 g/mol. The van der Waals surface area contributed by atoms with Crippen LogP contribution in [0.5, 0.6) is 0 Å². The summed E-state index contributed by atoms with van der Waals surface area (Å²) in [4.78, 5) is 4.83. The van der Waals surface area contributed by atoms with E-state index in [4.69, 9.17) is 4.99 Å². The minimum atomic E-state index is 0.853. The number of aliphatic imine (C=N–C) groups is 1. The summed E-state index contributed by atoms with van der Waals surface area (Å²) in [6, 6.07) is 8.76. The van der Waals surface area contributed by atoms with Gasteiger partial charge in [0.1, 0.15) is 0 Å². The third-order valence-electron chi connectivity index (χ3n) is 4.19. The molecule has 1 rings (SSSR count). The van der Waals surface area contributed by atoms with E-state index < -0.39 is 0 Å². The highest BCUT2D eigenvalue weighted by Gasteiger charge is 2.03. The SMILES string of the molecule is C/C=C(/Cc1ccc(C)cc1)N=C(C)CCCC(C)CCC. The highest BCUT2D eigenvalue weighted by Crippen LogP contribution is 2.15. The van der Waals surface area contributed by atoms with Crippen molar-refractivity contribution in [3.8, 4) is 0 Å². The van der Waals surface area contributed by atoms with Crippen LogP contribution in [0.15, 0.2) is 41.0 Å². The number of benzene rings is 1. The highest BCUT2D eigenvalue weighted by atomic mass is 14.7. The Kier molecular flexibility index (Phi) is 8.81. The molecule has 1 unspecified atom stereocenters. The summed E-state index contributed by atoms with van der Waals surface area (Å²) in [7, 11) is 0. The topological polar surface area (TPSA) is 12.4 Å². The van der Waals surface area contributed by atoms with Crippen LogP contribution in [0.4, 0.5) is 0 Å². The molecule has 0 saturated heterocycles. The van der Waals surface area contributed by atoms with E-state index in [1.54, 1.807) is 0 Å². The van der Waals surface area contributed by atoms with Gasteiger partial charge in [-0.2, -0.15) is 0 Å². The zero-order valence-electron chi connectivity index (χ0n) is 15.2. The van der Waals surface area contributed by atoms with Crippen LogP contribution in [0, 0.1) is 12.8 Å². The van der Waals surface area contributed by atoms with Crippen molar-refractivity contribution in [1.82, 2.24) is 0 Å². The van der Waals surface area contributed by atoms with E-state index in [0.29, 0.717) is 0 Å². The second-order valence-electron chi connectivity index (χ2n) is 6.58. The lowest BCUT2D eigenvalue weighted by atomic mass is 9.98. The number of aryl methyl sites for hydroxylation is 1. The summed E-state index contributed by atoms with van der Waals surface area (Å²) in [6.07, 6.45) is 9.43. The fourth-order valence-corrected chi connectivity index (χ4v) is 2.77. The van der Waals surface area contributed by atoms with Gasteiger partial charge in [0.2, 0.25) is 0 Å². The largest absolute Gasteiger partial charge is 0.263 e. The molecule has 0 aliphatic carbocycles. The number of allylic oxidation sites excluding steroid dienone is 2. The molecule has 0 heterocycles. The predicted octanol–water partition coefficient (Wildman–Crippen LogP) is 6.51. The molecular formula is C21H33N. The first-order valence-electron chi connectivity index (χ1n) is 8.80. The van der Waals surface area contributed by atoms with E-state index in [1.165, 1.54) is 48.2 Å². The Balaban J connectivity index is 2.47. The molecule has 122 valence electrons. The van der Waals surface area contributed by atoms with Gasteiger partial charge in [0.15, 0.2) is 0 Å². The minimum Gasteiger partial charge on any atom is -0.263 e. The van der Waals surface area contributed by atoms with Crippen molar-refractivity contribution >= 4 is 5.71 Å². The summed E-state index contributed by atoms with van der Waals surface area (Å²) in [5.41, 5.74) is 5.10. The van der Waals surface area contributed by atoms with Crippen molar-refractivity contribution in [2.24, 2.45) is 10.9 Å². The summed E-state index contributed by atoms with van der Waals surface area (Å²) in [6.45, 7) is 11.0. The van der Waals surface area contributed by atoms with E-state index >= 15 is 0 Å². The molecule has 0 fully saturated rings. The van der Waals surface area contributed by atoms with Gasteiger partial charge in [-0.1, -0.05) is 69.0 Å². The summed E-state index contributed by atoms with van der Waals surface area (Å²) in [5, 5.41) is 0. The van der Waals surface area contributed by atoms with Crippen LogP contribution < -0.4 is 0 Å². The van der Waals surface area contributed by atoms with Gasteiger partial charge >= 0.3 is 0 Å². The van der Waals surface area contributed by atoms with Gasteiger partial charge in [-0.15, -0.1) is 0 Å². The molecule has 1 heteroatoms. The maximum absolute atomic E-state index is 4.83. The quantitative estimate of drug-likeness (QED) is 0.461. The number of nitrogens with zero attached hydrogens (tertiary/aromatic N) is 1. The lowest BCUT2D eigenvalue weighted by Crippen LogP contribution is -1.99. The van der Waals surface area contributed by atoms with Crippen molar-refractivity contribution in [1.29, 1.82) is 0 Å². The summed E-state index contributed by atoms with van der Waals surface area (Å²) in [5.74, 6) is 0.853. The second-order valence-corrected chi connectivity index (χ2v) is 6.58. The van der Waals surface area contributed by atoms with E-state index in [2.05, 4.69) is 65.0 Å². The van der Waals surface area contributed by atoms with Crippen molar-refractivity contribution in [3.63, 3.8) is 0 Å². The fraction of sp³-hybridized carbons (Fsp3) is 0.571. The van der Waals surface area contributed by atoms with Gasteiger partial charge in [-0.3, -0.25) is 4.99 Å². The molecule has 1 atom stereocenters. The molecule has 0 aliphatic heterocycles. The van der Waals surface area contributed by atoms with Crippen LogP contribution in [-0.4, -0.2) is 5.71 Å². The maximum atomic E-state index is 4.83. The van der Waals surface area contributed by atoms with Crippen molar-refractivity contribution in [2.45, 2.75) is 73.1 Å². The van der Waals surface area contributed by atoms with E-state index in [9.17, 15) is 0 Å². The van der Waals surface area contributed by atoms with Gasteiger partial charge in [0, 0.05) is 17.8 Å². The Morgan fingerprint density at radius 3 is 2.45 bits per heavy atom. The normalized spacial score (nSPS) is 14.2. The fourth-order valence-electron chi connectivity index (χ4n) is 2.77. The first-order chi connectivity index (χ1) is 10.5. The number of rotatable bonds is 9. The average Bonchev–Trinajstić information content (AvgIpc) is 2.49. The minimum absolute atomic E-state index is 0.853. The van der Waals surface area contributed by atoms with Crippen molar-refractivity contribution < 1.29 is 0 Å². The first-order valence-corrected chi connectivity index (χ1v) is 8.80. The van der Waals surface area contributed by atoms with E-state index in [0.717, 1.165) is 18.8 Å². The molecule has 0 spiro atoms. The second kappa shape index (κ2) is 10.4. The third-order valence-corrected chi connectivity index (χ3v) is 4.19. The number of hydrogen-bond acceptors (Lipinski definition) is 1. The van der Waals surface area contributed by atoms with Crippen LogP contribution in [-0.2, 0) is 6.42 Å². The van der Waals surface area contributed by atoms with Crippen LogP contribution in [0.25, 0.3) is 0 Å². The maximum Gasteiger partial charge on any atom is 0.0404 e. The molecule has 1 aromatic carbocycles. The van der Waals surface area contributed by atoms with E-state index in [1.807, 2.05) is 0 Å². The molecule has 0 aliphatic rings. The lowest BCUT2D eigenvalue weighted by Gasteiger charge is -2.10. The summed E-state index contributed by atoms with van der Waals surface area (Å²) >= 11 is 0. The zero-order valence-corrected chi connectivity index (χ0v) is 15.2. The highest BCUT2D eigenvalue weighted by molar-refractivity contribution is 5.82. The smallest absolute Gasteiger partial charge is 0.0404 e. The lowest BCUT2D eigenvalue weighted by molar-refractivity contribution is 0.474. The van der Waals surface area contributed by atoms with Gasteiger partial charge in [0.25, 0.3) is 0 Å². The molecule has 0 saturated carbocycles. The molecule has 1 nitrogen and oxygen atoms in total. The molecule has 22 heavy (non-hydrogen) atoms. The Morgan fingerprint density at radius 1 is 1.18 bits per heavy atom. The molecule has 0 N–H and O–H groups in total. The number of hydrogen-bond donors (Lipinski definition) is 0. The van der Waals surface area contributed by atoms with Crippen molar-refractivity contribution in [3.05, 3.63) is 47.2 Å². The van der Waals surface area contributed by atoms with Gasteiger partial charge in [-0.05, 0) is 45.1 Å². The Hall–Kier alpha value is -1.37. The standard InChI is InChI=1S/C21H33N/c1-6-9-17(3)10-8-11-19(5)22-21(7-2)16-20-14-12-18(4)13-15-20/h7,12-15,17H,6,8-11,16H2,1-5H3/b21-7-,22-19?. The molecular weight excluding hydrogens is 266 g/mol. The van der Waals surface area contributed by atoms with Gasteiger partial charge in [-0.25, -0.2) is 0 Å². The Bertz CT molecular complexity index is 479. The Labute approximate surface area is 137 Å². The predicted molar refractivity (Wildman–Crippen MR) is 99.7 cm³/mol. The third kappa shape index (κ3) is 7.59. The average molecular weight is 300 g/mol. The van der Waals surface area contributed by atoms with Crippen LogP contribution >= 0.6 is 0 Å². The van der Waals surface area contributed by atoms with Crippen LogP contribution in [0.3, 0.4) is 0 Å². The van der Waals surface area contributed by atoms with Crippen molar-refractivity contribution in [2.75, 3.05) is 0 Å². The van der Waals surface area contributed by atoms with Gasteiger partial charge < -0.3 is 0 Å². The van der Waals surface area contributed by atoms with Crippen LogP contribution in [0.1, 0.15) is 70.9 Å². The van der Waals surface area contributed by atoms with Gasteiger partial charge in [0.05, 0.1) is 0 Å². The molecule has 0 radical (unpaired) electrons. The van der Waals surface area contributed by atoms with E-state index in [-0.39, 0.29) is 0 Å². The Morgan fingerprint density at radius 2 is 1.86 bits per heavy atom. The first kappa shape index (κ1) is 18.7. The van der Waals surface area contributed by atoms with Crippen LogP contribution in [0.2, 0.25) is 0 Å². The molecule has 0 bridgehead atoms. The summed E-state index contributed by atoms with van der Waals surface area (Å²) < 4.78 is 0. The molecule has 0 aromatic heterocycles.